The molecule has 0 aliphatic carbocycles. The van der Waals surface area contributed by atoms with Gasteiger partial charge in [0.2, 0.25) is 0 Å². The molecule has 0 aliphatic rings. The Hall–Kier alpha value is -2.47. The molecule has 0 fully saturated rings. The van der Waals surface area contributed by atoms with Gasteiger partial charge in [-0.25, -0.2) is 9.78 Å². The second kappa shape index (κ2) is 5.38. The van der Waals surface area contributed by atoms with E-state index >= 15 is 0 Å². The number of nitrogens with zero attached hydrogens (tertiary/aromatic N) is 2. The van der Waals surface area contributed by atoms with Gasteiger partial charge in [-0.15, -0.1) is 11.3 Å². The number of carbonyl (C=O) groups is 1. The van der Waals surface area contributed by atoms with Gasteiger partial charge in [-0.1, -0.05) is 29.8 Å². The summed E-state index contributed by atoms with van der Waals surface area (Å²) >= 11 is 1.18. The van der Waals surface area contributed by atoms with Crippen LogP contribution in [-0.4, -0.2) is 20.6 Å². The van der Waals surface area contributed by atoms with Crippen LogP contribution >= 0.6 is 11.3 Å². The first kappa shape index (κ1) is 14.5. The summed E-state index contributed by atoms with van der Waals surface area (Å²) in [7, 11) is 0. The molecule has 112 valence electrons. The van der Waals surface area contributed by atoms with E-state index in [2.05, 4.69) is 4.98 Å². The lowest BCUT2D eigenvalue weighted by Gasteiger charge is -2.10. The van der Waals surface area contributed by atoms with Crippen LogP contribution in [0.1, 0.15) is 27.3 Å². The molecule has 3 rings (SSSR count). The van der Waals surface area contributed by atoms with E-state index in [1.807, 2.05) is 31.2 Å². The Morgan fingerprint density at radius 1 is 1.27 bits per heavy atom. The Labute approximate surface area is 130 Å². The third-order valence-corrected chi connectivity index (χ3v) is 4.45. The first-order chi connectivity index (χ1) is 10.5. The van der Waals surface area contributed by atoms with Crippen molar-refractivity contribution >= 4 is 27.5 Å². The fourth-order valence-electron chi connectivity index (χ4n) is 2.35. The lowest BCUT2D eigenvalue weighted by molar-refractivity contribution is 0.0699. The predicted octanol–water partition coefficient (Wildman–Crippen LogP) is 2.82. The number of carboxylic acid groups (broad SMARTS) is 1. The molecule has 0 spiro atoms. The van der Waals surface area contributed by atoms with Crippen molar-refractivity contribution in [1.82, 2.24) is 9.55 Å². The molecule has 5 nitrogen and oxygen atoms in total. The molecule has 0 bridgehead atoms. The fraction of sp³-hybridized carbons (Fsp3) is 0.188. The van der Waals surface area contributed by atoms with Gasteiger partial charge in [-0.05, 0) is 19.4 Å². The van der Waals surface area contributed by atoms with E-state index in [4.69, 9.17) is 0 Å². The molecule has 0 amide bonds. The van der Waals surface area contributed by atoms with Gasteiger partial charge >= 0.3 is 5.97 Å². The van der Waals surface area contributed by atoms with Crippen LogP contribution in [0.5, 0.6) is 0 Å². The highest BCUT2D eigenvalue weighted by Gasteiger charge is 2.18. The Bertz CT molecular complexity index is 923. The monoisotopic (exact) mass is 314 g/mol. The Balaban J connectivity index is 2.16. The summed E-state index contributed by atoms with van der Waals surface area (Å²) in [4.78, 5) is 28.8. The summed E-state index contributed by atoms with van der Waals surface area (Å²) < 4.78 is 1.52. The van der Waals surface area contributed by atoms with Crippen LogP contribution in [0, 0.1) is 13.8 Å². The molecular weight excluding hydrogens is 300 g/mol. The van der Waals surface area contributed by atoms with E-state index in [1.54, 1.807) is 6.92 Å². The van der Waals surface area contributed by atoms with Crippen molar-refractivity contribution in [1.29, 1.82) is 0 Å². The summed E-state index contributed by atoms with van der Waals surface area (Å²) in [6, 6.07) is 7.87. The molecule has 0 atom stereocenters. The van der Waals surface area contributed by atoms with Gasteiger partial charge in [-0.3, -0.25) is 9.36 Å². The smallest absolute Gasteiger partial charge is 0.337 e. The number of hydrogen-bond donors (Lipinski definition) is 1. The van der Waals surface area contributed by atoms with Crippen molar-refractivity contribution in [2.45, 2.75) is 20.4 Å². The van der Waals surface area contributed by atoms with Gasteiger partial charge in [0.1, 0.15) is 10.7 Å². The molecule has 1 N–H and O–H groups in total. The summed E-state index contributed by atoms with van der Waals surface area (Å²) in [6.07, 6.45) is 0. The second-order valence-electron chi connectivity index (χ2n) is 5.17. The van der Waals surface area contributed by atoms with Crippen LogP contribution < -0.4 is 5.56 Å². The van der Waals surface area contributed by atoms with Gasteiger partial charge in [-0.2, -0.15) is 0 Å². The topological polar surface area (TPSA) is 72.2 Å². The molecule has 1 aromatic carbocycles. The highest BCUT2D eigenvalue weighted by atomic mass is 32.1. The van der Waals surface area contributed by atoms with Crippen LogP contribution in [-0.2, 0) is 6.54 Å². The van der Waals surface area contributed by atoms with Crippen molar-refractivity contribution in [2.75, 3.05) is 0 Å². The van der Waals surface area contributed by atoms with Gasteiger partial charge < -0.3 is 5.11 Å². The average Bonchev–Trinajstić information content (AvgIpc) is 2.89. The summed E-state index contributed by atoms with van der Waals surface area (Å²) in [5.41, 5.74) is 1.84. The maximum Gasteiger partial charge on any atom is 0.337 e. The highest BCUT2D eigenvalue weighted by molar-refractivity contribution is 7.17. The summed E-state index contributed by atoms with van der Waals surface area (Å²) in [5, 5.41) is 10.9. The Morgan fingerprint density at radius 2 is 1.95 bits per heavy atom. The number of benzene rings is 1. The molecule has 0 aliphatic heterocycles. The molecular formula is C16H14N2O3S. The zero-order valence-corrected chi connectivity index (χ0v) is 13.0. The van der Waals surface area contributed by atoms with E-state index in [-0.39, 0.29) is 16.5 Å². The van der Waals surface area contributed by atoms with Gasteiger partial charge in [0.25, 0.3) is 5.56 Å². The zero-order valence-electron chi connectivity index (χ0n) is 12.2. The molecule has 22 heavy (non-hydrogen) atoms. The normalized spacial score (nSPS) is 11.0. The number of hydrogen-bond acceptors (Lipinski definition) is 4. The van der Waals surface area contributed by atoms with Crippen LogP contribution in [0.15, 0.2) is 34.4 Å². The van der Waals surface area contributed by atoms with Crippen LogP contribution in [0.3, 0.4) is 0 Å². The Kier molecular flexibility index (Phi) is 3.54. The highest BCUT2D eigenvalue weighted by Crippen LogP contribution is 2.21. The first-order valence-corrected chi connectivity index (χ1v) is 7.63. The molecule has 2 heterocycles. The van der Waals surface area contributed by atoms with Gasteiger partial charge in [0, 0.05) is 5.38 Å². The molecule has 3 aromatic rings. The average molecular weight is 314 g/mol. The predicted molar refractivity (Wildman–Crippen MR) is 85.9 cm³/mol. The van der Waals surface area contributed by atoms with Gasteiger partial charge in [0.05, 0.1) is 17.5 Å². The van der Waals surface area contributed by atoms with Gasteiger partial charge in [0.15, 0.2) is 0 Å². The number of aromatic carboxylic acids is 1. The first-order valence-electron chi connectivity index (χ1n) is 6.75. The molecule has 0 saturated carbocycles. The minimum Gasteiger partial charge on any atom is -0.478 e. The molecule has 0 saturated heterocycles. The number of aromatic nitrogens is 2. The van der Waals surface area contributed by atoms with Crippen molar-refractivity contribution in [2.24, 2.45) is 0 Å². The van der Waals surface area contributed by atoms with E-state index in [0.29, 0.717) is 17.2 Å². The second-order valence-corrected chi connectivity index (χ2v) is 6.03. The van der Waals surface area contributed by atoms with E-state index < -0.39 is 5.97 Å². The minimum absolute atomic E-state index is 0.0233. The van der Waals surface area contributed by atoms with Crippen molar-refractivity contribution in [3.8, 4) is 0 Å². The molecule has 0 radical (unpaired) electrons. The van der Waals surface area contributed by atoms with Crippen LogP contribution in [0.4, 0.5) is 0 Å². The maximum atomic E-state index is 12.7. The van der Waals surface area contributed by atoms with Crippen molar-refractivity contribution in [3.05, 3.63) is 62.5 Å². The van der Waals surface area contributed by atoms with Crippen molar-refractivity contribution in [3.63, 3.8) is 0 Å². The van der Waals surface area contributed by atoms with E-state index in [1.165, 1.54) is 21.3 Å². The Morgan fingerprint density at radius 3 is 2.59 bits per heavy atom. The molecule has 6 heteroatoms. The number of thiophene rings is 1. The largest absolute Gasteiger partial charge is 0.478 e. The third-order valence-electron chi connectivity index (χ3n) is 3.58. The third kappa shape index (κ3) is 2.42. The summed E-state index contributed by atoms with van der Waals surface area (Å²) in [5.74, 6) is -0.521. The number of fused-ring (bicyclic) bond motifs is 1. The standard InChI is InChI=1S/C16H14N2O3S/c1-9-3-5-11(6-4-9)7-18-10(2)17-14-13(15(18)19)12(8-22-14)16(20)21/h3-6,8H,7H2,1-2H3,(H,20,21). The van der Waals surface area contributed by atoms with Crippen molar-refractivity contribution < 1.29 is 9.90 Å². The lowest BCUT2D eigenvalue weighted by Crippen LogP contribution is -2.25. The molecule has 2 aromatic heterocycles. The quantitative estimate of drug-likeness (QED) is 0.807. The van der Waals surface area contributed by atoms with Crippen LogP contribution in [0.25, 0.3) is 10.2 Å². The minimum atomic E-state index is -1.10. The molecule has 0 unspecified atom stereocenters. The number of aryl methyl sites for hydroxylation is 2. The fourth-order valence-corrected chi connectivity index (χ4v) is 3.29. The maximum absolute atomic E-state index is 12.7. The number of carboxylic acids is 1. The lowest BCUT2D eigenvalue weighted by atomic mass is 10.1. The van der Waals surface area contributed by atoms with E-state index in [0.717, 1.165) is 11.1 Å². The zero-order chi connectivity index (χ0) is 15.9. The SMILES string of the molecule is Cc1ccc(Cn2c(C)nc3scc(C(=O)O)c3c2=O)cc1. The van der Waals surface area contributed by atoms with E-state index in [9.17, 15) is 14.7 Å². The summed E-state index contributed by atoms with van der Waals surface area (Å²) in [6.45, 7) is 4.14. The van der Waals surface area contributed by atoms with Crippen LogP contribution in [0.2, 0.25) is 0 Å². The number of rotatable bonds is 3.